The Labute approximate surface area is 247 Å². The van der Waals surface area contributed by atoms with Crippen LogP contribution in [0.3, 0.4) is 0 Å². The van der Waals surface area contributed by atoms with Crippen LogP contribution in [0.4, 0.5) is 0 Å². The molecule has 11 heteroatoms. The zero-order chi connectivity index (χ0) is 30.3. The molecule has 0 radical (unpaired) electrons. The number of amides is 2. The van der Waals surface area contributed by atoms with E-state index in [0.717, 1.165) is 30.4 Å². The molecule has 230 valence electrons. The number of aromatic hydroxyl groups is 1. The van der Waals surface area contributed by atoms with Crippen LogP contribution in [-0.4, -0.2) is 103 Å². The van der Waals surface area contributed by atoms with Crippen molar-refractivity contribution in [3.8, 4) is 5.75 Å². The average Bonchev–Trinajstić information content (AvgIpc) is 3.50. The minimum Gasteiger partial charge on any atom is -0.508 e. The SMILES string of the molecule is Cc1cc(CC(NCC(C)(C=O)NC(=O)CN2CCOCC2)C(=O)NC(CC2=CCCC2)C(=O)C2(C)CO2)ccc1O. The van der Waals surface area contributed by atoms with Gasteiger partial charge in [0.15, 0.2) is 5.78 Å². The second kappa shape index (κ2) is 13.9. The van der Waals surface area contributed by atoms with Crippen molar-refractivity contribution in [2.24, 2.45) is 0 Å². The van der Waals surface area contributed by atoms with E-state index in [1.54, 1.807) is 39.0 Å². The number of nitrogens with one attached hydrogen (secondary N) is 3. The third kappa shape index (κ3) is 8.70. The number of hydrogen-bond acceptors (Lipinski definition) is 9. The van der Waals surface area contributed by atoms with Gasteiger partial charge >= 0.3 is 0 Å². The molecule has 2 amide bonds. The number of aldehydes is 1. The molecule has 1 aromatic rings. The molecule has 0 saturated carbocycles. The topological polar surface area (TPSA) is 150 Å². The molecule has 0 aromatic heterocycles. The third-order valence-electron chi connectivity index (χ3n) is 8.22. The number of epoxide rings is 1. The van der Waals surface area contributed by atoms with Crippen LogP contribution in [0.25, 0.3) is 0 Å². The zero-order valence-electron chi connectivity index (χ0n) is 24.9. The van der Waals surface area contributed by atoms with Crippen LogP contribution in [0.5, 0.6) is 5.75 Å². The number of phenols is 1. The van der Waals surface area contributed by atoms with Gasteiger partial charge in [0, 0.05) is 19.6 Å². The molecule has 4 N–H and O–H groups in total. The summed E-state index contributed by atoms with van der Waals surface area (Å²) in [5.41, 5.74) is 0.440. The number of Topliss-reactive ketones (excluding diaryl/α,β-unsaturated/α-hetero) is 1. The second-order valence-corrected chi connectivity index (χ2v) is 12.1. The van der Waals surface area contributed by atoms with Crippen molar-refractivity contribution in [2.45, 2.75) is 76.1 Å². The number of benzene rings is 1. The van der Waals surface area contributed by atoms with E-state index in [2.05, 4.69) is 22.0 Å². The number of ether oxygens (including phenoxy) is 2. The first-order chi connectivity index (χ1) is 20.0. The minimum atomic E-state index is -1.27. The van der Waals surface area contributed by atoms with Crippen molar-refractivity contribution in [1.29, 1.82) is 0 Å². The van der Waals surface area contributed by atoms with E-state index in [0.29, 0.717) is 51.2 Å². The van der Waals surface area contributed by atoms with Crippen LogP contribution >= 0.6 is 0 Å². The highest BCUT2D eigenvalue weighted by Crippen LogP contribution is 2.31. The monoisotopic (exact) mass is 584 g/mol. The Bertz CT molecular complexity index is 1190. The van der Waals surface area contributed by atoms with Crippen molar-refractivity contribution in [1.82, 2.24) is 20.9 Å². The van der Waals surface area contributed by atoms with E-state index in [1.807, 2.05) is 4.90 Å². The Morgan fingerprint density at radius 2 is 1.93 bits per heavy atom. The predicted octanol–water partition coefficient (Wildman–Crippen LogP) is 0.951. The number of carbonyl (C=O) groups excluding carboxylic acids is 4. The summed E-state index contributed by atoms with van der Waals surface area (Å²) in [6, 6.07) is 3.53. The highest BCUT2D eigenvalue weighted by molar-refractivity contribution is 5.97. The van der Waals surface area contributed by atoms with Gasteiger partial charge in [-0.15, -0.1) is 0 Å². The number of aryl methyl sites for hydroxylation is 1. The molecule has 3 aliphatic rings. The summed E-state index contributed by atoms with van der Waals surface area (Å²) < 4.78 is 10.7. The number of phenolic OH excluding ortho intramolecular Hbond substituents is 1. The molecular weight excluding hydrogens is 540 g/mol. The van der Waals surface area contributed by atoms with E-state index < -0.39 is 29.1 Å². The van der Waals surface area contributed by atoms with Gasteiger partial charge in [0.25, 0.3) is 0 Å². The number of allylic oxidation sites excluding steroid dienone is 1. The lowest BCUT2D eigenvalue weighted by Gasteiger charge is -2.31. The molecular formula is C31H44N4O7. The smallest absolute Gasteiger partial charge is 0.238 e. The van der Waals surface area contributed by atoms with Crippen LogP contribution in [0.15, 0.2) is 29.8 Å². The summed E-state index contributed by atoms with van der Waals surface area (Å²) in [5, 5.41) is 18.9. The Balaban J connectivity index is 1.47. The Kier molecular flexibility index (Phi) is 10.5. The third-order valence-corrected chi connectivity index (χ3v) is 8.22. The lowest BCUT2D eigenvalue weighted by molar-refractivity contribution is -0.131. The molecule has 0 spiro atoms. The predicted molar refractivity (Wildman–Crippen MR) is 156 cm³/mol. The first-order valence-corrected chi connectivity index (χ1v) is 14.8. The van der Waals surface area contributed by atoms with Crippen LogP contribution in [0.1, 0.15) is 50.7 Å². The van der Waals surface area contributed by atoms with Gasteiger partial charge in [0.1, 0.15) is 23.2 Å². The van der Waals surface area contributed by atoms with Crippen molar-refractivity contribution in [3.05, 3.63) is 41.0 Å². The Hall–Kier alpha value is -3.12. The molecule has 1 aromatic carbocycles. The molecule has 4 rings (SSSR count). The summed E-state index contributed by atoms with van der Waals surface area (Å²) in [6.07, 6.45) is 6.36. The summed E-state index contributed by atoms with van der Waals surface area (Å²) >= 11 is 0. The molecule has 2 heterocycles. The summed E-state index contributed by atoms with van der Waals surface area (Å²) in [4.78, 5) is 54.0. The van der Waals surface area contributed by atoms with Crippen LogP contribution in [0.2, 0.25) is 0 Å². The fourth-order valence-corrected chi connectivity index (χ4v) is 5.39. The fourth-order valence-electron chi connectivity index (χ4n) is 5.39. The standard InChI is InChI=1S/C31H44N4O7/c1-21-14-23(8-9-26(21)37)16-25(32-18-30(2,19-36)34-27(38)17-35-10-12-41-13-11-35)29(40)33-24(15-22-6-4-5-7-22)28(39)31(3)20-42-31/h6,8-9,14,19,24-25,32,37H,4-5,7,10-13,15-18,20H2,1-3H3,(H,33,40)(H,34,38). The molecule has 2 aliphatic heterocycles. The number of nitrogens with zero attached hydrogens (tertiary/aromatic N) is 1. The van der Waals surface area contributed by atoms with Gasteiger partial charge in [-0.2, -0.15) is 0 Å². The maximum atomic E-state index is 13.8. The molecule has 2 fully saturated rings. The van der Waals surface area contributed by atoms with Crippen molar-refractivity contribution >= 4 is 23.9 Å². The molecule has 4 atom stereocenters. The van der Waals surface area contributed by atoms with Gasteiger partial charge < -0.3 is 35.3 Å². The number of rotatable bonds is 15. The van der Waals surface area contributed by atoms with E-state index in [-0.39, 0.29) is 37.0 Å². The van der Waals surface area contributed by atoms with Gasteiger partial charge in [-0.3, -0.25) is 19.3 Å². The number of morpholine rings is 1. The second-order valence-electron chi connectivity index (χ2n) is 12.1. The summed E-state index contributed by atoms with van der Waals surface area (Å²) in [5.74, 6) is -0.695. The van der Waals surface area contributed by atoms with Gasteiger partial charge in [-0.05, 0) is 70.1 Å². The van der Waals surface area contributed by atoms with Gasteiger partial charge in [-0.1, -0.05) is 23.8 Å². The largest absolute Gasteiger partial charge is 0.508 e. The van der Waals surface area contributed by atoms with E-state index in [9.17, 15) is 24.3 Å². The van der Waals surface area contributed by atoms with Crippen LogP contribution in [-0.2, 0) is 35.1 Å². The van der Waals surface area contributed by atoms with Gasteiger partial charge in [0.2, 0.25) is 11.8 Å². The lowest BCUT2D eigenvalue weighted by atomic mass is 9.93. The van der Waals surface area contributed by atoms with Gasteiger partial charge in [0.05, 0.1) is 38.4 Å². The minimum absolute atomic E-state index is 0.00883. The number of ketones is 1. The average molecular weight is 585 g/mol. The molecule has 1 aliphatic carbocycles. The van der Waals surface area contributed by atoms with E-state index >= 15 is 0 Å². The lowest BCUT2D eigenvalue weighted by Crippen LogP contribution is -2.60. The first-order valence-electron chi connectivity index (χ1n) is 14.8. The first kappa shape index (κ1) is 31.8. The van der Waals surface area contributed by atoms with E-state index in [1.165, 1.54) is 0 Å². The zero-order valence-corrected chi connectivity index (χ0v) is 24.9. The highest BCUT2D eigenvalue weighted by Gasteiger charge is 2.50. The summed E-state index contributed by atoms with van der Waals surface area (Å²) in [6.45, 7) is 7.96. The molecule has 4 unspecified atom stereocenters. The molecule has 0 bridgehead atoms. The van der Waals surface area contributed by atoms with Crippen molar-refractivity contribution in [3.63, 3.8) is 0 Å². The van der Waals surface area contributed by atoms with Gasteiger partial charge in [-0.25, -0.2) is 0 Å². The fraction of sp³-hybridized carbons (Fsp3) is 0.613. The Morgan fingerprint density at radius 3 is 2.55 bits per heavy atom. The maximum absolute atomic E-state index is 13.8. The highest BCUT2D eigenvalue weighted by atomic mass is 16.6. The quantitative estimate of drug-likeness (QED) is 0.134. The van der Waals surface area contributed by atoms with E-state index in [4.69, 9.17) is 9.47 Å². The summed E-state index contributed by atoms with van der Waals surface area (Å²) in [7, 11) is 0. The van der Waals surface area contributed by atoms with Crippen molar-refractivity contribution in [2.75, 3.05) is 46.0 Å². The normalized spacial score (nSPS) is 23.3. The molecule has 11 nitrogen and oxygen atoms in total. The Morgan fingerprint density at radius 1 is 1.19 bits per heavy atom. The number of carbonyl (C=O) groups is 4. The maximum Gasteiger partial charge on any atom is 0.238 e. The van der Waals surface area contributed by atoms with Crippen molar-refractivity contribution < 1.29 is 33.8 Å². The molecule has 2 saturated heterocycles. The number of hydrogen-bond donors (Lipinski definition) is 4. The molecule has 42 heavy (non-hydrogen) atoms. The van der Waals surface area contributed by atoms with Crippen LogP contribution < -0.4 is 16.0 Å². The van der Waals surface area contributed by atoms with Crippen LogP contribution in [0, 0.1) is 6.92 Å².